The second-order valence-corrected chi connectivity index (χ2v) is 5.97. The van der Waals surface area contributed by atoms with Gasteiger partial charge in [0.2, 0.25) is 0 Å². The van der Waals surface area contributed by atoms with Crippen LogP contribution in [0.4, 0.5) is 4.79 Å². The maximum Gasteiger partial charge on any atom is 0.328 e. The molecule has 5 nitrogen and oxygen atoms in total. The first-order valence-corrected chi connectivity index (χ1v) is 8.34. The van der Waals surface area contributed by atoms with Crippen molar-refractivity contribution in [3.8, 4) is 0 Å². The molecule has 0 aromatic heterocycles. The number of urea groups is 1. The smallest absolute Gasteiger partial charge is 0.328 e. The Morgan fingerprint density at radius 3 is 2.70 bits per heavy atom. The Morgan fingerprint density at radius 1 is 1.30 bits per heavy atom. The zero-order valence-corrected chi connectivity index (χ0v) is 14.0. The van der Waals surface area contributed by atoms with Crippen LogP contribution in [-0.2, 0) is 16.0 Å². The SMILES string of the molecule is CC[C@H]1CCCCN1C(=O)N[C@@H](Cc1ccccc1)C(=O)OC. The van der Waals surface area contributed by atoms with E-state index in [0.29, 0.717) is 6.42 Å². The number of hydrogen-bond acceptors (Lipinski definition) is 3. The van der Waals surface area contributed by atoms with Crippen molar-refractivity contribution in [1.29, 1.82) is 0 Å². The van der Waals surface area contributed by atoms with Crippen LogP contribution < -0.4 is 5.32 Å². The van der Waals surface area contributed by atoms with E-state index in [9.17, 15) is 9.59 Å². The molecule has 0 aliphatic carbocycles. The quantitative estimate of drug-likeness (QED) is 0.849. The van der Waals surface area contributed by atoms with Crippen LogP contribution >= 0.6 is 0 Å². The summed E-state index contributed by atoms with van der Waals surface area (Å²) in [6.45, 7) is 2.85. The molecule has 23 heavy (non-hydrogen) atoms. The number of ether oxygens (including phenoxy) is 1. The van der Waals surface area contributed by atoms with E-state index in [-0.39, 0.29) is 12.1 Å². The summed E-state index contributed by atoms with van der Waals surface area (Å²) in [6, 6.07) is 9.09. The molecule has 1 N–H and O–H groups in total. The van der Waals surface area contributed by atoms with E-state index in [1.165, 1.54) is 7.11 Å². The molecular formula is C18H26N2O3. The molecule has 1 aromatic carbocycles. The monoisotopic (exact) mass is 318 g/mol. The average Bonchev–Trinajstić information content (AvgIpc) is 2.61. The number of carbonyl (C=O) groups is 2. The van der Waals surface area contributed by atoms with Crippen LogP contribution in [0.2, 0.25) is 0 Å². The number of benzene rings is 1. The number of methoxy groups -OCH3 is 1. The zero-order valence-electron chi connectivity index (χ0n) is 14.0. The van der Waals surface area contributed by atoms with Gasteiger partial charge in [-0.05, 0) is 31.2 Å². The summed E-state index contributed by atoms with van der Waals surface area (Å²) in [7, 11) is 1.35. The number of likely N-dealkylation sites (tertiary alicyclic amines) is 1. The molecular weight excluding hydrogens is 292 g/mol. The predicted molar refractivity (Wildman–Crippen MR) is 89.1 cm³/mol. The molecule has 0 radical (unpaired) electrons. The highest BCUT2D eigenvalue weighted by molar-refractivity contribution is 5.84. The number of rotatable bonds is 5. The van der Waals surface area contributed by atoms with Crippen molar-refractivity contribution in [2.45, 2.75) is 51.1 Å². The van der Waals surface area contributed by atoms with Gasteiger partial charge in [-0.15, -0.1) is 0 Å². The van der Waals surface area contributed by atoms with Gasteiger partial charge in [0.05, 0.1) is 7.11 Å². The van der Waals surface area contributed by atoms with Crippen LogP contribution in [0.25, 0.3) is 0 Å². The number of nitrogens with zero attached hydrogens (tertiary/aromatic N) is 1. The molecule has 0 spiro atoms. The minimum atomic E-state index is -0.658. The number of carbonyl (C=O) groups excluding carboxylic acids is 2. The lowest BCUT2D eigenvalue weighted by Gasteiger charge is -2.36. The lowest BCUT2D eigenvalue weighted by Crippen LogP contribution is -2.53. The average molecular weight is 318 g/mol. The molecule has 1 fully saturated rings. The second kappa shape index (κ2) is 8.56. The summed E-state index contributed by atoms with van der Waals surface area (Å²) in [6.07, 6.45) is 4.59. The van der Waals surface area contributed by atoms with Crippen LogP contribution in [0.5, 0.6) is 0 Å². The van der Waals surface area contributed by atoms with Gasteiger partial charge in [0.15, 0.2) is 0 Å². The Labute approximate surface area is 138 Å². The molecule has 0 bridgehead atoms. The maximum absolute atomic E-state index is 12.6. The molecule has 126 valence electrons. The molecule has 2 amide bonds. The Kier molecular flexibility index (Phi) is 6.44. The van der Waals surface area contributed by atoms with Crippen molar-refractivity contribution < 1.29 is 14.3 Å². The van der Waals surface area contributed by atoms with Gasteiger partial charge in [0.1, 0.15) is 6.04 Å². The lowest BCUT2D eigenvalue weighted by atomic mass is 10.0. The van der Waals surface area contributed by atoms with Crippen LogP contribution in [0.1, 0.15) is 38.2 Å². The van der Waals surface area contributed by atoms with Crippen LogP contribution in [-0.4, -0.2) is 42.6 Å². The van der Waals surface area contributed by atoms with Gasteiger partial charge in [-0.3, -0.25) is 0 Å². The predicted octanol–water partition coefficient (Wildman–Crippen LogP) is 2.74. The molecule has 1 heterocycles. The summed E-state index contributed by atoms with van der Waals surface area (Å²) >= 11 is 0. The second-order valence-electron chi connectivity index (χ2n) is 5.97. The van der Waals surface area contributed by atoms with Crippen molar-refractivity contribution in [2.75, 3.05) is 13.7 Å². The Bertz CT molecular complexity index is 518. The molecule has 0 unspecified atom stereocenters. The number of nitrogens with one attached hydrogen (secondary N) is 1. The van der Waals surface area contributed by atoms with Gasteiger partial charge in [0.25, 0.3) is 0 Å². The third-order valence-electron chi connectivity index (χ3n) is 4.43. The summed E-state index contributed by atoms with van der Waals surface area (Å²) in [5, 5.41) is 2.86. The Balaban J connectivity index is 2.04. The first-order valence-electron chi connectivity index (χ1n) is 8.34. The van der Waals surface area contributed by atoms with Gasteiger partial charge < -0.3 is 15.0 Å². The van der Waals surface area contributed by atoms with Gasteiger partial charge in [0, 0.05) is 19.0 Å². The fraction of sp³-hybridized carbons (Fsp3) is 0.556. The minimum Gasteiger partial charge on any atom is -0.467 e. The van der Waals surface area contributed by atoms with E-state index in [0.717, 1.165) is 37.8 Å². The van der Waals surface area contributed by atoms with Crippen molar-refractivity contribution >= 4 is 12.0 Å². The molecule has 2 rings (SSSR count). The third-order valence-corrected chi connectivity index (χ3v) is 4.43. The Morgan fingerprint density at radius 2 is 2.04 bits per heavy atom. The fourth-order valence-electron chi connectivity index (χ4n) is 3.11. The van der Waals surface area contributed by atoms with Crippen molar-refractivity contribution in [1.82, 2.24) is 10.2 Å². The highest BCUT2D eigenvalue weighted by Gasteiger charge is 2.29. The zero-order chi connectivity index (χ0) is 16.7. The van der Waals surface area contributed by atoms with Crippen LogP contribution in [0.15, 0.2) is 30.3 Å². The fourth-order valence-corrected chi connectivity index (χ4v) is 3.11. The van der Waals surface area contributed by atoms with Crippen LogP contribution in [0, 0.1) is 0 Å². The summed E-state index contributed by atoms with van der Waals surface area (Å²) in [5.41, 5.74) is 0.994. The standard InChI is InChI=1S/C18H26N2O3/c1-3-15-11-7-8-12-20(15)18(22)19-16(17(21)23-2)13-14-9-5-4-6-10-14/h4-6,9-10,15-16H,3,7-8,11-13H2,1-2H3,(H,19,22)/t15-,16-/m0/s1. The summed E-state index contributed by atoms with van der Waals surface area (Å²) in [4.78, 5) is 26.5. The highest BCUT2D eigenvalue weighted by atomic mass is 16.5. The van der Waals surface area contributed by atoms with E-state index in [1.54, 1.807) is 0 Å². The van der Waals surface area contributed by atoms with Gasteiger partial charge in [-0.2, -0.15) is 0 Å². The van der Waals surface area contributed by atoms with Gasteiger partial charge in [-0.1, -0.05) is 37.3 Å². The molecule has 1 aromatic rings. The van der Waals surface area contributed by atoms with Crippen LogP contribution in [0.3, 0.4) is 0 Å². The minimum absolute atomic E-state index is 0.164. The number of amides is 2. The Hall–Kier alpha value is -2.04. The summed E-state index contributed by atoms with van der Waals surface area (Å²) < 4.78 is 4.85. The van der Waals surface area contributed by atoms with Crippen molar-refractivity contribution in [2.24, 2.45) is 0 Å². The molecule has 0 saturated carbocycles. The van der Waals surface area contributed by atoms with E-state index in [4.69, 9.17) is 4.74 Å². The first-order chi connectivity index (χ1) is 11.2. The molecule has 1 aliphatic rings. The van der Waals surface area contributed by atoms with Gasteiger partial charge >= 0.3 is 12.0 Å². The van der Waals surface area contributed by atoms with E-state index < -0.39 is 12.0 Å². The number of piperidine rings is 1. The normalized spacial score (nSPS) is 19.0. The number of esters is 1. The van der Waals surface area contributed by atoms with E-state index >= 15 is 0 Å². The van der Waals surface area contributed by atoms with Crippen molar-refractivity contribution in [3.05, 3.63) is 35.9 Å². The third kappa shape index (κ3) is 4.71. The van der Waals surface area contributed by atoms with E-state index in [2.05, 4.69) is 12.2 Å². The molecule has 5 heteroatoms. The molecule has 1 saturated heterocycles. The van der Waals surface area contributed by atoms with E-state index in [1.807, 2.05) is 35.2 Å². The van der Waals surface area contributed by atoms with Crippen molar-refractivity contribution in [3.63, 3.8) is 0 Å². The molecule has 2 atom stereocenters. The first kappa shape index (κ1) is 17.3. The summed E-state index contributed by atoms with van der Waals surface area (Å²) in [5.74, 6) is -0.410. The maximum atomic E-state index is 12.6. The largest absolute Gasteiger partial charge is 0.467 e. The topological polar surface area (TPSA) is 58.6 Å². The van der Waals surface area contributed by atoms with Gasteiger partial charge in [-0.25, -0.2) is 9.59 Å². The lowest BCUT2D eigenvalue weighted by molar-refractivity contribution is -0.142. The highest BCUT2D eigenvalue weighted by Crippen LogP contribution is 2.19. The molecule has 1 aliphatic heterocycles. The number of hydrogen-bond donors (Lipinski definition) is 1.